The van der Waals surface area contributed by atoms with Gasteiger partial charge in [-0.1, -0.05) is 0 Å². The van der Waals surface area contributed by atoms with Crippen molar-refractivity contribution in [1.29, 1.82) is 0 Å². The summed E-state index contributed by atoms with van der Waals surface area (Å²) in [6.45, 7) is -0.0959. The molecule has 0 atom stereocenters. The van der Waals surface area contributed by atoms with Gasteiger partial charge in [0.1, 0.15) is 11.4 Å². The van der Waals surface area contributed by atoms with Crippen molar-refractivity contribution < 1.29 is 19.5 Å². The van der Waals surface area contributed by atoms with Crippen molar-refractivity contribution in [2.75, 3.05) is 11.4 Å². The van der Waals surface area contributed by atoms with Crippen LogP contribution in [0.4, 0.5) is 5.82 Å². The number of carboxylic acid groups (broad SMARTS) is 1. The van der Waals surface area contributed by atoms with Crippen molar-refractivity contribution in [3.63, 3.8) is 0 Å². The third-order valence-electron chi connectivity index (χ3n) is 2.10. The zero-order valence-corrected chi connectivity index (χ0v) is 7.56. The minimum absolute atomic E-state index is 0.0679. The lowest BCUT2D eigenvalue weighted by atomic mass is 10.3. The van der Waals surface area contributed by atoms with E-state index in [4.69, 9.17) is 5.11 Å². The summed E-state index contributed by atoms with van der Waals surface area (Å²) in [5, 5.41) is 14.7. The smallest absolute Gasteiger partial charge is 0.341 e. The number of amides is 1. The van der Waals surface area contributed by atoms with E-state index in [2.05, 4.69) is 10.2 Å². The highest BCUT2D eigenvalue weighted by atomic mass is 16.4. The van der Waals surface area contributed by atoms with Gasteiger partial charge in [0, 0.05) is 0 Å². The Kier molecular flexibility index (Phi) is 2.00. The molecule has 2 heterocycles. The maximum Gasteiger partial charge on any atom is 0.341 e. The van der Waals surface area contributed by atoms with Gasteiger partial charge in [-0.25, -0.2) is 4.79 Å². The van der Waals surface area contributed by atoms with Gasteiger partial charge < -0.3 is 5.11 Å². The minimum Gasteiger partial charge on any atom is -0.477 e. The number of carbonyl (C=O) groups is 3. The average molecular weight is 209 g/mol. The normalized spacial score (nSPS) is 16.1. The number of rotatable bonds is 2. The number of nitrogens with one attached hydrogen (secondary N) is 1. The summed E-state index contributed by atoms with van der Waals surface area (Å²) in [7, 11) is 0. The number of nitrogens with zero attached hydrogens (tertiary/aromatic N) is 2. The Hall–Kier alpha value is -2.18. The maximum atomic E-state index is 11.3. The molecule has 2 rings (SSSR count). The molecule has 7 nitrogen and oxygen atoms in total. The first-order valence-electron chi connectivity index (χ1n) is 4.18. The van der Waals surface area contributed by atoms with Crippen molar-refractivity contribution in [3.8, 4) is 0 Å². The lowest BCUT2D eigenvalue weighted by Gasteiger charge is -2.12. The van der Waals surface area contributed by atoms with Crippen LogP contribution in [0, 0.1) is 0 Å². The summed E-state index contributed by atoms with van der Waals surface area (Å²) in [5.74, 6) is -1.76. The molecule has 0 bridgehead atoms. The number of hydrogen-bond acceptors (Lipinski definition) is 4. The number of aromatic amines is 1. The summed E-state index contributed by atoms with van der Waals surface area (Å²) >= 11 is 0. The summed E-state index contributed by atoms with van der Waals surface area (Å²) < 4.78 is 0. The van der Waals surface area contributed by atoms with Crippen LogP contribution >= 0.6 is 0 Å². The van der Waals surface area contributed by atoms with Crippen molar-refractivity contribution in [2.24, 2.45) is 0 Å². The minimum atomic E-state index is -1.19. The van der Waals surface area contributed by atoms with E-state index in [9.17, 15) is 14.4 Å². The standard InChI is InChI=1S/C8H7N3O4/c12-4-1-6(13)11(3-4)7-5(8(14)15)2-9-10-7/h2H,1,3H2,(H,9,10)(H,14,15). The van der Waals surface area contributed by atoms with Crippen molar-refractivity contribution in [3.05, 3.63) is 11.8 Å². The molecule has 1 aromatic rings. The molecule has 15 heavy (non-hydrogen) atoms. The van der Waals surface area contributed by atoms with Gasteiger partial charge >= 0.3 is 5.97 Å². The van der Waals surface area contributed by atoms with Crippen LogP contribution in [0.25, 0.3) is 0 Å². The van der Waals surface area contributed by atoms with Gasteiger partial charge in [-0.15, -0.1) is 0 Å². The Morgan fingerprint density at radius 3 is 2.80 bits per heavy atom. The number of anilines is 1. The largest absolute Gasteiger partial charge is 0.477 e. The van der Waals surface area contributed by atoms with Crippen molar-refractivity contribution in [2.45, 2.75) is 6.42 Å². The molecule has 0 radical (unpaired) electrons. The molecule has 0 aromatic carbocycles. The fraction of sp³-hybridized carbons (Fsp3) is 0.250. The third kappa shape index (κ3) is 1.47. The summed E-state index contributed by atoms with van der Waals surface area (Å²) in [6, 6.07) is 0. The SMILES string of the molecule is O=C1CC(=O)N(c2[nH]ncc2C(=O)O)C1. The topological polar surface area (TPSA) is 103 Å². The molecule has 1 aliphatic heterocycles. The fourth-order valence-corrected chi connectivity index (χ4v) is 1.43. The zero-order chi connectivity index (χ0) is 11.0. The van der Waals surface area contributed by atoms with E-state index in [0.29, 0.717) is 0 Å². The van der Waals surface area contributed by atoms with Gasteiger partial charge in [-0.3, -0.25) is 19.6 Å². The summed E-state index contributed by atoms with van der Waals surface area (Å²) in [5.41, 5.74) is -0.113. The number of hydrogen-bond donors (Lipinski definition) is 2. The van der Waals surface area contributed by atoms with Crippen LogP contribution < -0.4 is 4.90 Å². The first-order chi connectivity index (χ1) is 7.09. The molecule has 1 fully saturated rings. The van der Waals surface area contributed by atoms with E-state index in [1.807, 2.05) is 0 Å². The van der Waals surface area contributed by atoms with Crippen molar-refractivity contribution >= 4 is 23.5 Å². The number of carboxylic acids is 1. The highest BCUT2D eigenvalue weighted by Gasteiger charge is 2.32. The second kappa shape index (κ2) is 3.19. The van der Waals surface area contributed by atoms with Crippen LogP contribution in [0.2, 0.25) is 0 Å². The highest BCUT2D eigenvalue weighted by molar-refractivity contribution is 6.16. The van der Waals surface area contributed by atoms with Crippen LogP contribution in [0.5, 0.6) is 0 Å². The average Bonchev–Trinajstić information content (AvgIpc) is 2.71. The molecule has 1 amide bonds. The van der Waals surface area contributed by atoms with Crippen LogP contribution in [0.15, 0.2) is 6.20 Å². The lowest BCUT2D eigenvalue weighted by molar-refractivity contribution is -0.121. The number of aromatic nitrogens is 2. The van der Waals surface area contributed by atoms with Gasteiger partial charge in [-0.05, 0) is 0 Å². The molecular formula is C8H7N3O4. The van der Waals surface area contributed by atoms with E-state index >= 15 is 0 Å². The first kappa shape index (κ1) is 9.38. The van der Waals surface area contributed by atoms with Crippen LogP contribution in [-0.4, -0.2) is 39.5 Å². The monoisotopic (exact) mass is 209 g/mol. The number of ketones is 1. The predicted octanol–water partition coefficient (Wildman–Crippen LogP) is -0.586. The highest BCUT2D eigenvalue weighted by Crippen LogP contribution is 2.21. The van der Waals surface area contributed by atoms with Crippen LogP contribution in [0.3, 0.4) is 0 Å². The molecule has 7 heteroatoms. The quantitative estimate of drug-likeness (QED) is 0.634. The lowest BCUT2D eigenvalue weighted by Crippen LogP contribution is -2.26. The number of aromatic carboxylic acids is 1. The van der Waals surface area contributed by atoms with E-state index in [0.717, 1.165) is 11.1 Å². The molecule has 1 aliphatic rings. The number of H-pyrrole nitrogens is 1. The van der Waals surface area contributed by atoms with E-state index in [1.165, 1.54) is 0 Å². The number of Topliss-reactive ketones (excluding diaryl/α,β-unsaturated/α-hetero) is 1. The molecular weight excluding hydrogens is 202 g/mol. The Morgan fingerprint density at radius 1 is 1.53 bits per heavy atom. The summed E-state index contributed by atoms with van der Waals surface area (Å²) in [4.78, 5) is 34.2. The van der Waals surface area contributed by atoms with Gasteiger partial charge in [0.05, 0.1) is 19.2 Å². The van der Waals surface area contributed by atoms with Gasteiger partial charge in [0.2, 0.25) is 5.91 Å². The van der Waals surface area contributed by atoms with Crippen LogP contribution in [0.1, 0.15) is 16.8 Å². The number of carbonyl (C=O) groups excluding carboxylic acids is 2. The summed E-state index contributed by atoms with van der Waals surface area (Å²) in [6.07, 6.45) is 0.922. The Balaban J connectivity index is 2.37. The van der Waals surface area contributed by atoms with Gasteiger partial charge in [0.15, 0.2) is 5.78 Å². The van der Waals surface area contributed by atoms with E-state index < -0.39 is 11.9 Å². The fourth-order valence-electron chi connectivity index (χ4n) is 1.43. The Labute approximate surface area is 83.7 Å². The molecule has 0 unspecified atom stereocenters. The molecule has 0 spiro atoms. The third-order valence-corrected chi connectivity index (χ3v) is 2.10. The maximum absolute atomic E-state index is 11.3. The zero-order valence-electron chi connectivity index (χ0n) is 7.56. The van der Waals surface area contributed by atoms with Crippen molar-refractivity contribution in [1.82, 2.24) is 10.2 Å². The Morgan fingerprint density at radius 2 is 2.27 bits per heavy atom. The van der Waals surface area contributed by atoms with E-state index in [1.54, 1.807) is 0 Å². The second-order valence-electron chi connectivity index (χ2n) is 3.13. The van der Waals surface area contributed by atoms with Gasteiger partial charge in [0.25, 0.3) is 0 Å². The van der Waals surface area contributed by atoms with E-state index in [-0.39, 0.29) is 30.1 Å². The molecule has 2 N–H and O–H groups in total. The second-order valence-corrected chi connectivity index (χ2v) is 3.13. The first-order valence-corrected chi connectivity index (χ1v) is 4.18. The predicted molar refractivity (Wildman–Crippen MR) is 47.5 cm³/mol. The molecule has 1 saturated heterocycles. The molecule has 1 aromatic heterocycles. The van der Waals surface area contributed by atoms with Gasteiger partial charge in [-0.2, -0.15) is 5.10 Å². The molecule has 0 aliphatic carbocycles. The molecule has 0 saturated carbocycles. The van der Waals surface area contributed by atoms with Crippen LogP contribution in [-0.2, 0) is 9.59 Å². The molecule has 78 valence electrons. The Bertz CT molecular complexity index is 450.